The number of nitrogens with two attached hydrogens (primary N) is 1. The Morgan fingerprint density at radius 3 is 2.76 bits per heavy atom. The predicted molar refractivity (Wildman–Crippen MR) is 88.2 cm³/mol. The van der Waals surface area contributed by atoms with Crippen molar-refractivity contribution in [1.29, 1.82) is 0 Å². The molecule has 0 unspecified atom stereocenters. The number of anilines is 1. The molecule has 0 radical (unpaired) electrons. The van der Waals surface area contributed by atoms with Crippen LogP contribution < -0.4 is 5.73 Å². The molecule has 0 aromatic heterocycles. The highest BCUT2D eigenvalue weighted by molar-refractivity contribution is 9.10. The van der Waals surface area contributed by atoms with E-state index in [4.69, 9.17) is 5.73 Å². The van der Waals surface area contributed by atoms with Gasteiger partial charge in [-0.2, -0.15) is 0 Å². The van der Waals surface area contributed by atoms with Crippen LogP contribution in [0, 0.1) is 6.92 Å². The van der Waals surface area contributed by atoms with Gasteiger partial charge in [0.05, 0.1) is 5.56 Å². The molecule has 0 saturated carbocycles. The molecule has 3 nitrogen and oxygen atoms in total. The predicted octanol–water partition coefficient (Wildman–Crippen LogP) is 3.54. The van der Waals surface area contributed by atoms with E-state index in [1.165, 1.54) is 5.56 Å². The molecule has 0 fully saturated rings. The highest BCUT2D eigenvalue weighted by atomic mass is 79.9. The van der Waals surface area contributed by atoms with E-state index >= 15 is 0 Å². The smallest absolute Gasteiger partial charge is 0.255 e. The summed E-state index contributed by atoms with van der Waals surface area (Å²) in [7, 11) is 0. The summed E-state index contributed by atoms with van der Waals surface area (Å²) in [5.41, 5.74) is 10.9. The molecule has 1 aliphatic heterocycles. The molecule has 0 bridgehead atoms. The molecule has 3 rings (SSSR count). The standard InChI is InChI=1S/C17H17BrN2O/c1-11-2-5-15(16(18)8-11)17(21)20-7-6-12-3-4-14(19)9-13(12)10-20/h2-5,8-9H,6-7,10,19H2,1H3. The lowest BCUT2D eigenvalue weighted by atomic mass is 9.98. The van der Waals surface area contributed by atoms with E-state index in [2.05, 4.69) is 22.0 Å². The summed E-state index contributed by atoms with van der Waals surface area (Å²) in [4.78, 5) is 14.6. The molecule has 0 saturated heterocycles. The normalized spacial score (nSPS) is 13.9. The zero-order valence-electron chi connectivity index (χ0n) is 11.9. The van der Waals surface area contributed by atoms with Gasteiger partial charge in [0, 0.05) is 23.2 Å². The van der Waals surface area contributed by atoms with Gasteiger partial charge in [0.25, 0.3) is 5.91 Å². The van der Waals surface area contributed by atoms with Gasteiger partial charge in [-0.15, -0.1) is 0 Å². The Labute approximate surface area is 132 Å². The van der Waals surface area contributed by atoms with Crippen LogP contribution in [0.4, 0.5) is 5.69 Å². The van der Waals surface area contributed by atoms with Gasteiger partial charge in [-0.05, 0) is 70.2 Å². The number of aryl methyl sites for hydroxylation is 1. The van der Waals surface area contributed by atoms with Gasteiger partial charge in [0.15, 0.2) is 0 Å². The third-order valence-corrected chi connectivity index (χ3v) is 4.54. The minimum atomic E-state index is 0.0648. The number of nitrogen functional groups attached to an aromatic ring is 1. The maximum absolute atomic E-state index is 12.7. The van der Waals surface area contributed by atoms with Crippen molar-refractivity contribution < 1.29 is 4.79 Å². The summed E-state index contributed by atoms with van der Waals surface area (Å²) in [5, 5.41) is 0. The first-order valence-electron chi connectivity index (χ1n) is 6.97. The SMILES string of the molecule is Cc1ccc(C(=O)N2CCc3ccc(N)cc3C2)c(Br)c1. The van der Waals surface area contributed by atoms with Gasteiger partial charge >= 0.3 is 0 Å². The monoisotopic (exact) mass is 344 g/mol. The van der Waals surface area contributed by atoms with Crippen molar-refractivity contribution >= 4 is 27.5 Å². The van der Waals surface area contributed by atoms with Crippen molar-refractivity contribution in [2.75, 3.05) is 12.3 Å². The molecule has 0 spiro atoms. The van der Waals surface area contributed by atoms with E-state index in [1.807, 2.05) is 42.2 Å². The Bertz CT molecular complexity index is 712. The van der Waals surface area contributed by atoms with Crippen molar-refractivity contribution in [3.05, 3.63) is 63.1 Å². The fraction of sp³-hybridized carbons (Fsp3) is 0.235. The Hall–Kier alpha value is -1.81. The summed E-state index contributed by atoms with van der Waals surface area (Å²) in [5.74, 6) is 0.0648. The molecule has 2 aromatic carbocycles. The van der Waals surface area contributed by atoms with E-state index < -0.39 is 0 Å². The number of carbonyl (C=O) groups excluding carboxylic acids is 1. The Morgan fingerprint density at radius 1 is 1.19 bits per heavy atom. The van der Waals surface area contributed by atoms with E-state index in [1.54, 1.807) is 0 Å². The van der Waals surface area contributed by atoms with Gasteiger partial charge < -0.3 is 10.6 Å². The van der Waals surface area contributed by atoms with Crippen LogP contribution in [0.2, 0.25) is 0 Å². The van der Waals surface area contributed by atoms with E-state index in [-0.39, 0.29) is 5.91 Å². The lowest BCUT2D eigenvalue weighted by Gasteiger charge is -2.29. The molecule has 1 aliphatic rings. The molecule has 0 aliphatic carbocycles. The van der Waals surface area contributed by atoms with Gasteiger partial charge in [0.2, 0.25) is 0 Å². The van der Waals surface area contributed by atoms with Crippen molar-refractivity contribution in [2.45, 2.75) is 19.9 Å². The van der Waals surface area contributed by atoms with Gasteiger partial charge in [-0.25, -0.2) is 0 Å². The average molecular weight is 345 g/mol. The first kappa shape index (κ1) is 14.1. The fourth-order valence-electron chi connectivity index (χ4n) is 2.71. The Balaban J connectivity index is 1.87. The zero-order valence-corrected chi connectivity index (χ0v) is 13.5. The first-order valence-corrected chi connectivity index (χ1v) is 7.76. The zero-order chi connectivity index (χ0) is 15.0. The minimum absolute atomic E-state index is 0.0648. The van der Waals surface area contributed by atoms with Crippen LogP contribution in [0.25, 0.3) is 0 Å². The number of fused-ring (bicyclic) bond motifs is 1. The number of hydrogen-bond donors (Lipinski definition) is 1. The maximum atomic E-state index is 12.7. The van der Waals surface area contributed by atoms with Crippen molar-refractivity contribution in [3.63, 3.8) is 0 Å². The molecule has 1 heterocycles. The highest BCUT2D eigenvalue weighted by Gasteiger charge is 2.23. The molecule has 21 heavy (non-hydrogen) atoms. The van der Waals surface area contributed by atoms with Gasteiger partial charge in [0.1, 0.15) is 0 Å². The van der Waals surface area contributed by atoms with Crippen LogP contribution >= 0.6 is 15.9 Å². The van der Waals surface area contributed by atoms with Gasteiger partial charge in [-0.1, -0.05) is 12.1 Å². The molecule has 4 heteroatoms. The van der Waals surface area contributed by atoms with Crippen LogP contribution in [0.3, 0.4) is 0 Å². The summed E-state index contributed by atoms with van der Waals surface area (Å²) < 4.78 is 0.853. The number of halogens is 1. The van der Waals surface area contributed by atoms with Crippen LogP contribution in [0.5, 0.6) is 0 Å². The third-order valence-electron chi connectivity index (χ3n) is 3.88. The summed E-state index contributed by atoms with van der Waals surface area (Å²) >= 11 is 3.49. The van der Waals surface area contributed by atoms with Crippen molar-refractivity contribution in [1.82, 2.24) is 4.90 Å². The largest absolute Gasteiger partial charge is 0.399 e. The lowest BCUT2D eigenvalue weighted by Crippen LogP contribution is -2.36. The van der Waals surface area contributed by atoms with E-state index in [0.717, 1.165) is 34.3 Å². The Morgan fingerprint density at radius 2 is 2.00 bits per heavy atom. The summed E-state index contributed by atoms with van der Waals surface area (Å²) in [6.07, 6.45) is 0.880. The number of carbonyl (C=O) groups is 1. The van der Waals surface area contributed by atoms with Crippen molar-refractivity contribution in [3.8, 4) is 0 Å². The number of nitrogens with zero attached hydrogens (tertiary/aromatic N) is 1. The van der Waals surface area contributed by atoms with Crippen LogP contribution in [-0.2, 0) is 13.0 Å². The second-order valence-corrected chi connectivity index (χ2v) is 6.34. The first-order chi connectivity index (χ1) is 10.0. The topological polar surface area (TPSA) is 46.3 Å². The van der Waals surface area contributed by atoms with Gasteiger partial charge in [-0.3, -0.25) is 4.79 Å². The molecular formula is C17H17BrN2O. The minimum Gasteiger partial charge on any atom is -0.399 e. The lowest BCUT2D eigenvalue weighted by molar-refractivity contribution is 0.0734. The third kappa shape index (κ3) is 2.81. The summed E-state index contributed by atoms with van der Waals surface area (Å²) in [6.45, 7) is 3.38. The number of rotatable bonds is 1. The second kappa shape index (κ2) is 5.53. The molecular weight excluding hydrogens is 328 g/mol. The van der Waals surface area contributed by atoms with E-state index in [0.29, 0.717) is 12.1 Å². The fourth-order valence-corrected chi connectivity index (χ4v) is 3.38. The molecule has 2 N–H and O–H groups in total. The average Bonchev–Trinajstić information content (AvgIpc) is 2.46. The molecule has 0 atom stereocenters. The van der Waals surface area contributed by atoms with Crippen molar-refractivity contribution in [2.24, 2.45) is 0 Å². The number of benzene rings is 2. The highest BCUT2D eigenvalue weighted by Crippen LogP contribution is 2.25. The quantitative estimate of drug-likeness (QED) is 0.804. The maximum Gasteiger partial charge on any atom is 0.255 e. The van der Waals surface area contributed by atoms with Crippen LogP contribution in [0.1, 0.15) is 27.0 Å². The Kier molecular flexibility index (Phi) is 3.72. The second-order valence-electron chi connectivity index (χ2n) is 5.49. The molecule has 2 aromatic rings. The molecule has 1 amide bonds. The number of amides is 1. The number of hydrogen-bond acceptors (Lipinski definition) is 2. The van der Waals surface area contributed by atoms with E-state index in [9.17, 15) is 4.79 Å². The van der Waals surface area contributed by atoms with Crippen LogP contribution in [-0.4, -0.2) is 17.4 Å². The van der Waals surface area contributed by atoms with Crippen LogP contribution in [0.15, 0.2) is 40.9 Å². The molecule has 108 valence electrons. The summed E-state index contributed by atoms with van der Waals surface area (Å²) in [6, 6.07) is 11.8.